The molecule has 0 amide bonds. The molecule has 0 heterocycles. The van der Waals surface area contributed by atoms with Crippen LogP contribution in [0.3, 0.4) is 0 Å². The van der Waals surface area contributed by atoms with Crippen LogP contribution in [0, 0.1) is 0 Å². The fourth-order valence-electron chi connectivity index (χ4n) is 0.873. The van der Waals surface area contributed by atoms with E-state index in [1.165, 1.54) is 0 Å². The second-order valence-electron chi connectivity index (χ2n) is 3.23. The summed E-state index contributed by atoms with van der Waals surface area (Å²) >= 11 is 0. The molecule has 0 aromatic heterocycles. The van der Waals surface area contributed by atoms with E-state index in [9.17, 15) is 19.2 Å². The van der Waals surface area contributed by atoms with Gasteiger partial charge in [-0.05, 0) is 0 Å². The van der Waals surface area contributed by atoms with Crippen LogP contribution in [0.2, 0.25) is 0 Å². The summed E-state index contributed by atoms with van der Waals surface area (Å²) in [6, 6.07) is 0. The van der Waals surface area contributed by atoms with Crippen LogP contribution < -0.4 is 88.7 Å². The monoisotopic (exact) mass is 331 g/mol. The van der Waals surface area contributed by atoms with Gasteiger partial charge in [0.05, 0.1) is 25.7 Å². The Morgan fingerprint density at radius 2 is 0.905 bits per heavy atom. The second kappa shape index (κ2) is 18.9. The van der Waals surface area contributed by atoms with Gasteiger partial charge in [0, 0.05) is 0 Å². The van der Waals surface area contributed by atoms with Crippen LogP contribution in [0.15, 0.2) is 0 Å². The molecule has 0 aliphatic carbocycles. The molecular formula is C10H14Na3O8+3. The van der Waals surface area contributed by atoms with Gasteiger partial charge in [-0.25, -0.2) is 0 Å². The Kier molecular flexibility index (Phi) is 26.9. The largest absolute Gasteiger partial charge is 1.00 e. The molecule has 102 valence electrons. The minimum atomic E-state index is -1.10. The first kappa shape index (κ1) is 29.8. The van der Waals surface area contributed by atoms with Gasteiger partial charge in [-0.3, -0.25) is 19.2 Å². The van der Waals surface area contributed by atoms with Crippen molar-refractivity contribution >= 4 is 23.9 Å². The van der Waals surface area contributed by atoms with Crippen molar-refractivity contribution in [3.8, 4) is 0 Å². The van der Waals surface area contributed by atoms with Crippen LogP contribution >= 0.6 is 0 Å². The molecule has 0 aromatic rings. The summed E-state index contributed by atoms with van der Waals surface area (Å²) in [5, 5.41) is 16.6. The summed E-state index contributed by atoms with van der Waals surface area (Å²) in [5.41, 5.74) is 0. The first-order chi connectivity index (χ1) is 8.41. The van der Waals surface area contributed by atoms with E-state index in [0.717, 1.165) is 0 Å². The first-order valence-electron chi connectivity index (χ1n) is 5.16. The van der Waals surface area contributed by atoms with Crippen molar-refractivity contribution in [1.29, 1.82) is 0 Å². The number of carboxylic acid groups (broad SMARTS) is 2. The predicted octanol–water partition coefficient (Wildman–Crippen LogP) is -9.19. The molecular weight excluding hydrogens is 317 g/mol. The summed E-state index contributed by atoms with van der Waals surface area (Å²) in [6.07, 6.45) is -1.14. The number of carbonyl (C=O) groups is 4. The molecule has 0 bridgehead atoms. The van der Waals surface area contributed by atoms with E-state index in [1.807, 2.05) is 0 Å². The number of hydrogen-bond donors (Lipinski definition) is 2. The number of aliphatic carboxylic acids is 2. The van der Waals surface area contributed by atoms with Crippen LogP contribution in [0.5, 0.6) is 0 Å². The number of esters is 2. The maximum absolute atomic E-state index is 10.9. The topological polar surface area (TPSA) is 127 Å². The molecule has 0 radical (unpaired) electrons. The van der Waals surface area contributed by atoms with E-state index in [0.29, 0.717) is 0 Å². The molecule has 0 atom stereocenters. The molecule has 11 heteroatoms. The molecule has 0 unspecified atom stereocenters. The van der Waals surface area contributed by atoms with Crippen LogP contribution in [0.1, 0.15) is 25.7 Å². The molecule has 0 saturated carbocycles. The van der Waals surface area contributed by atoms with Gasteiger partial charge >= 0.3 is 113 Å². The SMILES string of the molecule is O=C(O)CCC(=O)OCCOC(=O)CCC(=O)O.[Na+].[Na+].[Na+]. The Balaban J connectivity index is -0.000000482. The maximum atomic E-state index is 10.9. The average Bonchev–Trinajstić information content (AvgIpc) is 2.29. The first-order valence-corrected chi connectivity index (χ1v) is 5.16. The van der Waals surface area contributed by atoms with Crippen LogP contribution in [0.4, 0.5) is 0 Å². The number of rotatable bonds is 9. The third kappa shape index (κ3) is 23.3. The molecule has 0 rings (SSSR count). The van der Waals surface area contributed by atoms with Gasteiger partial charge in [-0.1, -0.05) is 0 Å². The molecule has 0 saturated heterocycles. The number of ether oxygens (including phenoxy) is 2. The van der Waals surface area contributed by atoms with E-state index in [2.05, 4.69) is 9.47 Å². The fourth-order valence-corrected chi connectivity index (χ4v) is 0.873. The summed E-state index contributed by atoms with van der Waals surface area (Å²) in [6.45, 7) is -0.367. The minimum absolute atomic E-state index is 0. The van der Waals surface area contributed by atoms with Crippen molar-refractivity contribution in [3.05, 3.63) is 0 Å². The Bertz CT molecular complexity index is 302. The van der Waals surface area contributed by atoms with Crippen molar-refractivity contribution in [3.63, 3.8) is 0 Å². The average molecular weight is 331 g/mol. The summed E-state index contributed by atoms with van der Waals surface area (Å²) in [4.78, 5) is 42.1. The standard InChI is InChI=1S/C10H14O8.3Na/c11-7(12)1-3-9(15)17-5-6-18-10(16)4-2-8(13)14;;;/h1-6H2,(H,11,12)(H,13,14);;;/q;3*+1. The maximum Gasteiger partial charge on any atom is 1.00 e. The molecule has 0 aliphatic heterocycles. The van der Waals surface area contributed by atoms with Gasteiger partial charge in [0.15, 0.2) is 0 Å². The van der Waals surface area contributed by atoms with Crippen molar-refractivity contribution in [2.24, 2.45) is 0 Å². The van der Waals surface area contributed by atoms with Crippen LogP contribution in [-0.4, -0.2) is 47.3 Å². The molecule has 0 fully saturated rings. The fraction of sp³-hybridized carbons (Fsp3) is 0.600. The molecule has 2 N–H and O–H groups in total. The van der Waals surface area contributed by atoms with Gasteiger partial charge in [-0.15, -0.1) is 0 Å². The van der Waals surface area contributed by atoms with Crippen molar-refractivity contribution < 1.29 is 128 Å². The molecule has 8 nitrogen and oxygen atoms in total. The van der Waals surface area contributed by atoms with E-state index in [-0.39, 0.29) is 128 Å². The quantitative estimate of drug-likeness (QED) is 0.242. The Labute approximate surface area is 188 Å². The van der Waals surface area contributed by atoms with E-state index in [4.69, 9.17) is 10.2 Å². The van der Waals surface area contributed by atoms with Crippen molar-refractivity contribution in [1.82, 2.24) is 0 Å². The zero-order valence-corrected chi connectivity index (χ0v) is 18.6. The zero-order valence-electron chi connectivity index (χ0n) is 12.6. The van der Waals surface area contributed by atoms with E-state index < -0.39 is 23.9 Å². The van der Waals surface area contributed by atoms with Crippen LogP contribution in [-0.2, 0) is 28.7 Å². The Hall–Kier alpha value is 0.880. The van der Waals surface area contributed by atoms with Gasteiger partial charge in [0.25, 0.3) is 0 Å². The van der Waals surface area contributed by atoms with Gasteiger partial charge in [0.2, 0.25) is 0 Å². The van der Waals surface area contributed by atoms with E-state index >= 15 is 0 Å². The Morgan fingerprint density at radius 3 is 1.14 bits per heavy atom. The van der Waals surface area contributed by atoms with Crippen molar-refractivity contribution in [2.45, 2.75) is 25.7 Å². The summed E-state index contributed by atoms with van der Waals surface area (Å²) in [7, 11) is 0. The minimum Gasteiger partial charge on any atom is -0.481 e. The van der Waals surface area contributed by atoms with Crippen LogP contribution in [0.25, 0.3) is 0 Å². The molecule has 0 spiro atoms. The smallest absolute Gasteiger partial charge is 0.481 e. The zero-order chi connectivity index (χ0) is 14.0. The Morgan fingerprint density at radius 1 is 0.619 bits per heavy atom. The predicted molar refractivity (Wildman–Crippen MR) is 55.7 cm³/mol. The summed E-state index contributed by atoms with van der Waals surface area (Å²) < 4.78 is 9.15. The molecule has 0 aliphatic rings. The van der Waals surface area contributed by atoms with Gasteiger partial charge < -0.3 is 19.7 Å². The third-order valence-corrected chi connectivity index (χ3v) is 1.70. The number of carboxylic acids is 2. The van der Waals surface area contributed by atoms with Crippen molar-refractivity contribution in [2.75, 3.05) is 13.2 Å². The van der Waals surface area contributed by atoms with Gasteiger partial charge in [0.1, 0.15) is 13.2 Å². The molecule has 0 aromatic carbocycles. The van der Waals surface area contributed by atoms with Gasteiger partial charge in [-0.2, -0.15) is 0 Å². The number of hydrogen-bond acceptors (Lipinski definition) is 6. The summed E-state index contributed by atoms with van der Waals surface area (Å²) in [5.74, 6) is -3.60. The van der Waals surface area contributed by atoms with E-state index in [1.54, 1.807) is 0 Å². The third-order valence-electron chi connectivity index (χ3n) is 1.70. The normalized spacial score (nSPS) is 8.19. The molecule has 21 heavy (non-hydrogen) atoms. The number of carbonyl (C=O) groups excluding carboxylic acids is 2. The second-order valence-corrected chi connectivity index (χ2v) is 3.23.